The lowest BCUT2D eigenvalue weighted by molar-refractivity contribution is -0.153. The first kappa shape index (κ1) is 16.7. The summed E-state index contributed by atoms with van der Waals surface area (Å²) in [6.45, 7) is 6.54. The van der Waals surface area contributed by atoms with Gasteiger partial charge in [0.05, 0.1) is 17.5 Å². The largest absolute Gasteiger partial charge is 0.478 e. The Morgan fingerprint density at radius 2 is 1.67 bits per heavy atom. The highest BCUT2D eigenvalue weighted by Crippen LogP contribution is 2.21. The number of aromatic carboxylic acids is 2. The van der Waals surface area contributed by atoms with Gasteiger partial charge in [-0.1, -0.05) is 6.07 Å². The summed E-state index contributed by atoms with van der Waals surface area (Å²) in [6.07, 6.45) is -0.223. The smallest absolute Gasteiger partial charge is 0.336 e. The lowest BCUT2D eigenvalue weighted by Gasteiger charge is -2.20. The Balaban J connectivity index is 3.20. The standard InChI is InChI=1S/C15H18O6/c1-8-10(13(17)18)6-5-9(12(8)14(19)20)7-11(16)21-15(2,3)4/h5-6H,7H2,1-4H3,(H,17,18)(H,19,20). The Morgan fingerprint density at radius 1 is 1.10 bits per heavy atom. The molecule has 0 aliphatic heterocycles. The van der Waals surface area contributed by atoms with E-state index < -0.39 is 23.5 Å². The molecule has 1 rings (SSSR count). The highest BCUT2D eigenvalue weighted by atomic mass is 16.6. The zero-order chi connectivity index (χ0) is 16.4. The minimum atomic E-state index is -1.27. The average Bonchev–Trinajstić information content (AvgIpc) is 2.24. The Morgan fingerprint density at radius 3 is 2.10 bits per heavy atom. The highest BCUT2D eigenvalue weighted by Gasteiger charge is 2.23. The van der Waals surface area contributed by atoms with Crippen LogP contribution >= 0.6 is 0 Å². The third-order valence-corrected chi connectivity index (χ3v) is 2.75. The lowest BCUT2D eigenvalue weighted by Crippen LogP contribution is -2.25. The molecule has 1 aromatic rings. The van der Waals surface area contributed by atoms with Crippen molar-refractivity contribution in [3.63, 3.8) is 0 Å². The maximum atomic E-state index is 11.8. The van der Waals surface area contributed by atoms with Crippen LogP contribution in [0.3, 0.4) is 0 Å². The zero-order valence-electron chi connectivity index (χ0n) is 12.4. The Bertz CT molecular complexity index is 595. The Kier molecular flexibility index (Phi) is 4.73. The lowest BCUT2D eigenvalue weighted by atomic mass is 9.95. The van der Waals surface area contributed by atoms with Crippen molar-refractivity contribution in [1.29, 1.82) is 0 Å². The van der Waals surface area contributed by atoms with E-state index in [0.717, 1.165) is 0 Å². The predicted octanol–water partition coefficient (Wildman–Crippen LogP) is 2.28. The number of carbonyl (C=O) groups excluding carboxylic acids is 1. The van der Waals surface area contributed by atoms with Gasteiger partial charge in [0.1, 0.15) is 5.60 Å². The van der Waals surface area contributed by atoms with Gasteiger partial charge in [0, 0.05) is 0 Å². The monoisotopic (exact) mass is 294 g/mol. The minimum absolute atomic E-state index is 0.0969. The van der Waals surface area contributed by atoms with E-state index in [1.54, 1.807) is 20.8 Å². The van der Waals surface area contributed by atoms with Crippen LogP contribution in [0.25, 0.3) is 0 Å². The fourth-order valence-corrected chi connectivity index (χ4v) is 1.98. The molecule has 0 aliphatic rings. The molecule has 0 saturated carbocycles. The van der Waals surface area contributed by atoms with Crippen LogP contribution in [0.2, 0.25) is 0 Å². The number of ether oxygens (including phenoxy) is 1. The number of rotatable bonds is 4. The van der Waals surface area contributed by atoms with Crippen LogP contribution in [0, 0.1) is 6.92 Å². The van der Waals surface area contributed by atoms with Gasteiger partial charge >= 0.3 is 17.9 Å². The summed E-state index contributed by atoms with van der Waals surface area (Å²) in [7, 11) is 0. The van der Waals surface area contributed by atoms with Crippen molar-refractivity contribution < 1.29 is 29.3 Å². The van der Waals surface area contributed by atoms with Crippen LogP contribution in [0.15, 0.2) is 12.1 Å². The summed E-state index contributed by atoms with van der Waals surface area (Å²) >= 11 is 0. The molecule has 0 radical (unpaired) electrons. The third-order valence-electron chi connectivity index (χ3n) is 2.75. The van der Waals surface area contributed by atoms with Crippen LogP contribution in [0.4, 0.5) is 0 Å². The van der Waals surface area contributed by atoms with Crippen LogP contribution < -0.4 is 0 Å². The van der Waals surface area contributed by atoms with E-state index in [9.17, 15) is 19.5 Å². The number of esters is 1. The van der Waals surface area contributed by atoms with Gasteiger partial charge in [-0.2, -0.15) is 0 Å². The maximum absolute atomic E-state index is 11.8. The van der Waals surface area contributed by atoms with Crippen molar-refractivity contribution in [1.82, 2.24) is 0 Å². The van der Waals surface area contributed by atoms with Gasteiger partial charge < -0.3 is 14.9 Å². The minimum Gasteiger partial charge on any atom is -0.478 e. The van der Waals surface area contributed by atoms with E-state index in [2.05, 4.69) is 0 Å². The number of hydrogen-bond acceptors (Lipinski definition) is 4. The molecule has 0 amide bonds. The molecule has 0 spiro atoms. The van der Waals surface area contributed by atoms with E-state index >= 15 is 0 Å². The molecular weight excluding hydrogens is 276 g/mol. The number of carboxylic acids is 2. The van der Waals surface area contributed by atoms with E-state index in [1.807, 2.05) is 0 Å². The second-order valence-electron chi connectivity index (χ2n) is 5.65. The van der Waals surface area contributed by atoms with Crippen LogP contribution in [-0.2, 0) is 16.0 Å². The third kappa shape index (κ3) is 4.30. The number of carbonyl (C=O) groups is 3. The first-order valence-corrected chi connectivity index (χ1v) is 6.34. The van der Waals surface area contributed by atoms with Gasteiger partial charge in [-0.25, -0.2) is 9.59 Å². The molecule has 0 aliphatic carbocycles. The van der Waals surface area contributed by atoms with Crippen LogP contribution in [0.5, 0.6) is 0 Å². The summed E-state index contributed by atoms with van der Waals surface area (Å²) < 4.78 is 5.15. The van der Waals surface area contributed by atoms with E-state index in [-0.39, 0.29) is 28.7 Å². The Hall–Kier alpha value is -2.37. The molecule has 6 heteroatoms. The van der Waals surface area contributed by atoms with Gasteiger partial charge in [0.15, 0.2) is 0 Å². The molecule has 114 valence electrons. The molecule has 0 heterocycles. The Labute approximate surface area is 122 Å². The van der Waals surface area contributed by atoms with E-state index in [0.29, 0.717) is 0 Å². The molecular formula is C15H18O6. The summed E-state index contributed by atoms with van der Waals surface area (Å²) in [5, 5.41) is 18.3. The summed E-state index contributed by atoms with van der Waals surface area (Å²) in [6, 6.07) is 2.63. The molecule has 6 nitrogen and oxygen atoms in total. The van der Waals surface area contributed by atoms with Crippen molar-refractivity contribution in [3.8, 4) is 0 Å². The first-order chi connectivity index (χ1) is 9.53. The van der Waals surface area contributed by atoms with Crippen LogP contribution in [-0.4, -0.2) is 33.7 Å². The predicted molar refractivity (Wildman–Crippen MR) is 74.6 cm³/mol. The molecule has 0 fully saturated rings. The normalized spacial score (nSPS) is 11.0. The molecule has 0 aromatic heterocycles. The van der Waals surface area contributed by atoms with Crippen LogP contribution in [0.1, 0.15) is 52.6 Å². The van der Waals surface area contributed by atoms with Crippen molar-refractivity contribution >= 4 is 17.9 Å². The first-order valence-electron chi connectivity index (χ1n) is 6.34. The van der Waals surface area contributed by atoms with Crippen molar-refractivity contribution in [2.24, 2.45) is 0 Å². The molecule has 0 unspecified atom stereocenters. The van der Waals surface area contributed by atoms with Crippen molar-refractivity contribution in [3.05, 3.63) is 34.4 Å². The molecule has 2 N–H and O–H groups in total. The van der Waals surface area contributed by atoms with Gasteiger partial charge in [-0.15, -0.1) is 0 Å². The number of benzene rings is 1. The van der Waals surface area contributed by atoms with Gasteiger partial charge in [0.2, 0.25) is 0 Å². The van der Waals surface area contributed by atoms with Gasteiger partial charge in [0.25, 0.3) is 0 Å². The topological polar surface area (TPSA) is 101 Å². The molecule has 1 aromatic carbocycles. The average molecular weight is 294 g/mol. The SMILES string of the molecule is Cc1c(C(=O)O)ccc(CC(=O)OC(C)(C)C)c1C(=O)O. The highest BCUT2D eigenvalue weighted by molar-refractivity contribution is 5.98. The summed E-state index contributed by atoms with van der Waals surface area (Å²) in [5.41, 5.74) is -0.576. The quantitative estimate of drug-likeness (QED) is 0.826. The number of carboxylic acid groups (broad SMARTS) is 2. The molecule has 0 bridgehead atoms. The fourth-order valence-electron chi connectivity index (χ4n) is 1.98. The zero-order valence-corrected chi connectivity index (χ0v) is 12.4. The van der Waals surface area contributed by atoms with Gasteiger partial charge in [-0.05, 0) is 44.9 Å². The second kappa shape index (κ2) is 5.95. The molecule has 21 heavy (non-hydrogen) atoms. The van der Waals surface area contributed by atoms with Crippen molar-refractivity contribution in [2.75, 3.05) is 0 Å². The number of hydrogen-bond donors (Lipinski definition) is 2. The van der Waals surface area contributed by atoms with Crippen molar-refractivity contribution in [2.45, 2.75) is 39.7 Å². The second-order valence-corrected chi connectivity index (χ2v) is 5.65. The maximum Gasteiger partial charge on any atom is 0.336 e. The summed E-state index contributed by atoms with van der Waals surface area (Å²) in [4.78, 5) is 34.2. The fraction of sp³-hybridized carbons (Fsp3) is 0.400. The summed E-state index contributed by atoms with van der Waals surface area (Å²) in [5.74, 6) is -3.04. The van der Waals surface area contributed by atoms with E-state index in [4.69, 9.17) is 9.84 Å². The molecule has 0 saturated heterocycles. The van der Waals surface area contributed by atoms with Gasteiger partial charge in [-0.3, -0.25) is 4.79 Å². The molecule has 0 atom stereocenters. The van der Waals surface area contributed by atoms with E-state index in [1.165, 1.54) is 19.1 Å².